The molecule has 0 radical (unpaired) electrons. The highest BCUT2D eigenvalue weighted by molar-refractivity contribution is 6.35. The number of nitrogens with one attached hydrogen (secondary N) is 2. The summed E-state index contributed by atoms with van der Waals surface area (Å²) in [7, 11) is 0. The molecule has 0 unspecified atom stereocenters. The molecule has 128 valence electrons. The molecule has 1 aliphatic rings. The average Bonchev–Trinajstić information content (AvgIpc) is 2.54. The van der Waals surface area contributed by atoms with Gasteiger partial charge in [-0.05, 0) is 48.9 Å². The van der Waals surface area contributed by atoms with Crippen molar-refractivity contribution in [2.75, 3.05) is 0 Å². The summed E-state index contributed by atoms with van der Waals surface area (Å²) in [6.07, 6.45) is 0. The molecular weight excluding hydrogens is 383 g/mol. The van der Waals surface area contributed by atoms with Crippen molar-refractivity contribution in [2.45, 2.75) is 13.0 Å². The molecule has 0 saturated heterocycles. The van der Waals surface area contributed by atoms with Gasteiger partial charge in [-0.1, -0.05) is 40.9 Å². The van der Waals surface area contributed by atoms with Gasteiger partial charge in [0.05, 0.1) is 6.04 Å². The third-order valence-corrected chi connectivity index (χ3v) is 4.71. The van der Waals surface area contributed by atoms with Crippen LogP contribution in [-0.4, -0.2) is 11.8 Å². The zero-order chi connectivity index (χ0) is 18.1. The SMILES string of the molecule is CC1=C(C(=O)c2ccc(Cl)cc2)[C@H](c2ccc(Cl)cc2Cl)NC(=O)N1. The molecular formula is C18H13Cl3N2O2. The van der Waals surface area contributed by atoms with E-state index in [1.807, 2.05) is 0 Å². The maximum absolute atomic E-state index is 13.0. The van der Waals surface area contributed by atoms with E-state index in [9.17, 15) is 9.59 Å². The maximum atomic E-state index is 13.0. The Kier molecular flexibility index (Phi) is 5.04. The van der Waals surface area contributed by atoms with Crippen molar-refractivity contribution in [2.24, 2.45) is 0 Å². The molecule has 1 heterocycles. The lowest BCUT2D eigenvalue weighted by molar-refractivity contribution is 0.102. The zero-order valence-corrected chi connectivity index (χ0v) is 15.3. The van der Waals surface area contributed by atoms with E-state index in [1.165, 1.54) is 0 Å². The van der Waals surface area contributed by atoms with E-state index in [0.717, 1.165) is 0 Å². The number of benzene rings is 2. The normalized spacial score (nSPS) is 17.1. The van der Waals surface area contributed by atoms with E-state index in [4.69, 9.17) is 34.8 Å². The summed E-state index contributed by atoms with van der Waals surface area (Å²) in [6.45, 7) is 1.68. The van der Waals surface area contributed by atoms with Crippen LogP contribution < -0.4 is 10.6 Å². The first-order valence-electron chi connectivity index (χ1n) is 7.40. The highest BCUT2D eigenvalue weighted by Gasteiger charge is 2.32. The lowest BCUT2D eigenvalue weighted by Crippen LogP contribution is -2.45. The van der Waals surface area contributed by atoms with E-state index in [-0.39, 0.29) is 5.78 Å². The van der Waals surface area contributed by atoms with E-state index in [0.29, 0.717) is 37.5 Å². The van der Waals surface area contributed by atoms with Crippen LogP contribution >= 0.6 is 34.8 Å². The van der Waals surface area contributed by atoms with Gasteiger partial charge in [0.1, 0.15) is 0 Å². The Labute approximate surface area is 159 Å². The van der Waals surface area contributed by atoms with Gasteiger partial charge in [0.15, 0.2) is 5.78 Å². The van der Waals surface area contributed by atoms with Crippen LogP contribution in [0.4, 0.5) is 4.79 Å². The Balaban J connectivity index is 2.09. The first kappa shape index (κ1) is 17.8. The standard InChI is InChI=1S/C18H13Cl3N2O2/c1-9-15(17(24)10-2-4-11(19)5-3-10)16(23-18(25)22-9)13-7-6-12(20)8-14(13)21/h2-8,16H,1H3,(H2,22,23,25)/t16-/m0/s1. The van der Waals surface area contributed by atoms with Crippen LogP contribution in [0.15, 0.2) is 53.7 Å². The van der Waals surface area contributed by atoms with E-state index in [2.05, 4.69) is 10.6 Å². The number of carbonyl (C=O) groups is 2. The first-order chi connectivity index (χ1) is 11.9. The molecule has 4 nitrogen and oxygen atoms in total. The van der Waals surface area contributed by atoms with Gasteiger partial charge in [0.25, 0.3) is 0 Å². The van der Waals surface area contributed by atoms with Crippen LogP contribution in [0.3, 0.4) is 0 Å². The minimum Gasteiger partial charge on any atom is -0.327 e. The van der Waals surface area contributed by atoms with Crippen LogP contribution in [-0.2, 0) is 0 Å². The van der Waals surface area contributed by atoms with Crippen molar-refractivity contribution in [3.63, 3.8) is 0 Å². The van der Waals surface area contributed by atoms with E-state index in [1.54, 1.807) is 49.4 Å². The fourth-order valence-corrected chi connectivity index (χ4v) is 3.36. The quantitative estimate of drug-likeness (QED) is 0.705. The molecule has 7 heteroatoms. The summed E-state index contributed by atoms with van der Waals surface area (Å²) in [5.41, 5.74) is 1.94. The highest BCUT2D eigenvalue weighted by atomic mass is 35.5. The molecule has 1 aliphatic heterocycles. The number of hydrogen-bond acceptors (Lipinski definition) is 2. The Hall–Kier alpha value is -2.01. The van der Waals surface area contributed by atoms with Gasteiger partial charge in [-0.25, -0.2) is 4.79 Å². The molecule has 2 N–H and O–H groups in total. The molecule has 25 heavy (non-hydrogen) atoms. The predicted octanol–water partition coefficient (Wildman–Crippen LogP) is 5.16. The Bertz CT molecular complexity index is 892. The molecule has 0 aliphatic carbocycles. The Morgan fingerprint density at radius 3 is 2.28 bits per heavy atom. The summed E-state index contributed by atoms with van der Waals surface area (Å²) in [6, 6.07) is 10.4. The average molecular weight is 396 g/mol. The molecule has 3 rings (SSSR count). The third-order valence-electron chi connectivity index (χ3n) is 3.89. The molecule has 0 aromatic heterocycles. The molecule has 2 amide bonds. The van der Waals surface area contributed by atoms with Crippen LogP contribution in [0.2, 0.25) is 15.1 Å². The summed E-state index contributed by atoms with van der Waals surface area (Å²) >= 11 is 18.1. The zero-order valence-electron chi connectivity index (χ0n) is 13.1. The largest absolute Gasteiger partial charge is 0.327 e. The second-order valence-electron chi connectivity index (χ2n) is 5.57. The van der Waals surface area contributed by atoms with Gasteiger partial charge in [-0.2, -0.15) is 0 Å². The van der Waals surface area contributed by atoms with Crippen LogP contribution in [0, 0.1) is 0 Å². The van der Waals surface area contributed by atoms with Crippen molar-refractivity contribution in [3.05, 3.63) is 79.9 Å². The Morgan fingerprint density at radius 2 is 1.64 bits per heavy atom. The maximum Gasteiger partial charge on any atom is 0.319 e. The first-order valence-corrected chi connectivity index (χ1v) is 8.53. The molecule has 2 aromatic rings. The minimum atomic E-state index is -0.679. The topological polar surface area (TPSA) is 58.2 Å². The number of hydrogen-bond donors (Lipinski definition) is 2. The van der Waals surface area contributed by atoms with Crippen LogP contribution in [0.25, 0.3) is 0 Å². The minimum absolute atomic E-state index is 0.224. The second kappa shape index (κ2) is 7.08. The molecule has 1 atom stereocenters. The number of Topliss-reactive ketones (excluding diaryl/α,β-unsaturated/α-hetero) is 1. The van der Waals surface area contributed by atoms with Crippen molar-refractivity contribution >= 4 is 46.6 Å². The van der Waals surface area contributed by atoms with Crippen molar-refractivity contribution < 1.29 is 9.59 Å². The van der Waals surface area contributed by atoms with Crippen molar-refractivity contribution in [1.82, 2.24) is 10.6 Å². The van der Waals surface area contributed by atoms with Gasteiger partial charge >= 0.3 is 6.03 Å². The smallest absolute Gasteiger partial charge is 0.319 e. The molecule has 0 fully saturated rings. The van der Waals surface area contributed by atoms with E-state index >= 15 is 0 Å². The molecule has 0 saturated carbocycles. The highest BCUT2D eigenvalue weighted by Crippen LogP contribution is 2.34. The van der Waals surface area contributed by atoms with Gasteiger partial charge in [0, 0.05) is 31.9 Å². The molecule has 0 bridgehead atoms. The van der Waals surface area contributed by atoms with Gasteiger partial charge < -0.3 is 10.6 Å². The summed E-state index contributed by atoms with van der Waals surface area (Å²) in [5, 5.41) is 6.77. The Morgan fingerprint density at radius 1 is 1.00 bits per heavy atom. The van der Waals surface area contributed by atoms with E-state index < -0.39 is 12.1 Å². The number of urea groups is 1. The van der Waals surface area contributed by atoms with Gasteiger partial charge in [0.2, 0.25) is 0 Å². The van der Waals surface area contributed by atoms with Crippen molar-refractivity contribution in [3.8, 4) is 0 Å². The number of rotatable bonds is 3. The number of amides is 2. The summed E-state index contributed by atoms with van der Waals surface area (Å²) in [5.74, 6) is -0.224. The lowest BCUT2D eigenvalue weighted by atomic mass is 9.89. The third kappa shape index (κ3) is 3.66. The van der Waals surface area contributed by atoms with Crippen LogP contribution in [0.5, 0.6) is 0 Å². The number of halogens is 3. The fraction of sp³-hybridized carbons (Fsp3) is 0.111. The van der Waals surface area contributed by atoms with Crippen molar-refractivity contribution in [1.29, 1.82) is 0 Å². The fourth-order valence-electron chi connectivity index (χ4n) is 2.72. The predicted molar refractivity (Wildman–Crippen MR) is 99.4 cm³/mol. The monoisotopic (exact) mass is 394 g/mol. The lowest BCUT2D eigenvalue weighted by Gasteiger charge is -2.29. The summed E-state index contributed by atoms with van der Waals surface area (Å²) in [4.78, 5) is 25.0. The number of allylic oxidation sites excluding steroid dienone is 1. The number of ketones is 1. The van der Waals surface area contributed by atoms with Crippen LogP contribution in [0.1, 0.15) is 28.9 Å². The van der Waals surface area contributed by atoms with Gasteiger partial charge in [-0.15, -0.1) is 0 Å². The number of carbonyl (C=O) groups excluding carboxylic acids is 2. The molecule has 0 spiro atoms. The summed E-state index contributed by atoms with van der Waals surface area (Å²) < 4.78 is 0. The second-order valence-corrected chi connectivity index (χ2v) is 6.85. The molecule has 2 aromatic carbocycles. The van der Waals surface area contributed by atoms with Gasteiger partial charge in [-0.3, -0.25) is 4.79 Å².